The van der Waals surface area contributed by atoms with E-state index in [0.29, 0.717) is 35.8 Å². The van der Waals surface area contributed by atoms with Crippen LogP contribution in [0.25, 0.3) is 0 Å². The van der Waals surface area contributed by atoms with Crippen LogP contribution in [0, 0.1) is 0 Å². The zero-order valence-corrected chi connectivity index (χ0v) is 13.6. The molecule has 0 aliphatic carbocycles. The second-order valence-corrected chi connectivity index (χ2v) is 6.35. The predicted octanol–water partition coefficient (Wildman–Crippen LogP) is 2.34. The fourth-order valence-corrected chi connectivity index (χ4v) is 2.33. The Hall–Kier alpha value is -1.30. The number of carbonyl (C=O) groups is 1. The Kier molecular flexibility index (Phi) is 6.45. The molecule has 0 aromatic heterocycles. The summed E-state index contributed by atoms with van der Waals surface area (Å²) in [6, 6.07) is 4.99. The zero-order valence-electron chi connectivity index (χ0n) is 12.8. The number of anilines is 2. The maximum Gasteiger partial charge on any atom is 0.224 e. The number of aliphatic hydroxyl groups is 1. The Morgan fingerprint density at radius 2 is 2.14 bits per heavy atom. The maximum atomic E-state index is 11.8. The number of amides is 1. The van der Waals surface area contributed by atoms with Crippen LogP contribution in [0.4, 0.5) is 11.4 Å². The van der Waals surface area contributed by atoms with Crippen LogP contribution in [-0.2, 0) is 4.79 Å². The number of nitrogens with one attached hydrogen (secondary N) is 1. The first kappa shape index (κ1) is 17.8. The van der Waals surface area contributed by atoms with Crippen molar-refractivity contribution < 1.29 is 9.90 Å². The molecule has 0 aliphatic rings. The van der Waals surface area contributed by atoms with Crippen LogP contribution >= 0.6 is 11.6 Å². The van der Waals surface area contributed by atoms with E-state index in [4.69, 9.17) is 17.3 Å². The Labute approximate surface area is 131 Å². The van der Waals surface area contributed by atoms with E-state index in [9.17, 15) is 9.90 Å². The second kappa shape index (κ2) is 7.64. The lowest BCUT2D eigenvalue weighted by Crippen LogP contribution is -2.36. The number of halogens is 1. The van der Waals surface area contributed by atoms with E-state index in [1.807, 2.05) is 11.9 Å². The number of benzene rings is 1. The predicted molar refractivity (Wildman–Crippen MR) is 87.5 cm³/mol. The Morgan fingerprint density at radius 1 is 1.48 bits per heavy atom. The smallest absolute Gasteiger partial charge is 0.224 e. The summed E-state index contributed by atoms with van der Waals surface area (Å²) in [5, 5.41) is 12.9. The minimum absolute atomic E-state index is 0.0849. The van der Waals surface area contributed by atoms with Gasteiger partial charge in [-0.15, -0.1) is 0 Å². The molecule has 0 saturated heterocycles. The Balaban J connectivity index is 2.34. The highest BCUT2D eigenvalue weighted by Gasteiger charge is 2.15. The number of hydrogen-bond acceptors (Lipinski definition) is 4. The first-order chi connectivity index (χ1) is 9.67. The second-order valence-electron chi connectivity index (χ2n) is 5.94. The summed E-state index contributed by atoms with van der Waals surface area (Å²) in [6.07, 6.45) is 1.11. The largest absolute Gasteiger partial charge is 0.399 e. The van der Waals surface area contributed by atoms with Gasteiger partial charge in [-0.25, -0.2) is 0 Å². The molecule has 0 bridgehead atoms. The van der Waals surface area contributed by atoms with E-state index in [-0.39, 0.29) is 5.91 Å². The quantitative estimate of drug-likeness (QED) is 0.675. The molecule has 1 aromatic rings. The average Bonchev–Trinajstić information content (AvgIpc) is 2.30. The summed E-state index contributed by atoms with van der Waals surface area (Å²) in [6.45, 7) is 4.84. The minimum atomic E-state index is -0.728. The van der Waals surface area contributed by atoms with E-state index < -0.39 is 5.60 Å². The zero-order chi connectivity index (χ0) is 16.0. The van der Waals surface area contributed by atoms with Crippen LogP contribution in [-0.4, -0.2) is 41.7 Å². The van der Waals surface area contributed by atoms with E-state index in [2.05, 4.69) is 5.32 Å². The summed E-state index contributed by atoms with van der Waals surface area (Å²) >= 11 is 6.00. The molecule has 0 fully saturated rings. The first-order valence-electron chi connectivity index (χ1n) is 6.93. The van der Waals surface area contributed by atoms with E-state index in [1.54, 1.807) is 32.0 Å². The molecule has 0 spiro atoms. The lowest BCUT2D eigenvalue weighted by atomic mass is 10.1. The highest BCUT2D eigenvalue weighted by Crippen LogP contribution is 2.24. The van der Waals surface area contributed by atoms with Crippen molar-refractivity contribution in [2.75, 3.05) is 31.2 Å². The van der Waals surface area contributed by atoms with Gasteiger partial charge in [0, 0.05) is 18.7 Å². The molecule has 0 radical (unpaired) electrons. The highest BCUT2D eigenvalue weighted by molar-refractivity contribution is 6.34. The van der Waals surface area contributed by atoms with Crippen LogP contribution in [0.2, 0.25) is 5.02 Å². The monoisotopic (exact) mass is 313 g/mol. The third-order valence-electron chi connectivity index (χ3n) is 2.87. The number of likely N-dealkylation sites (N-methyl/N-ethyl adjacent to an activating group) is 1. The molecule has 4 N–H and O–H groups in total. The van der Waals surface area contributed by atoms with Gasteiger partial charge >= 0.3 is 0 Å². The van der Waals surface area contributed by atoms with Crippen molar-refractivity contribution in [3.8, 4) is 0 Å². The molecule has 0 unspecified atom stereocenters. The molecule has 21 heavy (non-hydrogen) atoms. The summed E-state index contributed by atoms with van der Waals surface area (Å²) in [7, 11) is 1.92. The summed E-state index contributed by atoms with van der Waals surface area (Å²) < 4.78 is 0. The normalized spacial score (nSPS) is 11.7. The highest BCUT2D eigenvalue weighted by atomic mass is 35.5. The SMILES string of the molecule is CN(CCCC(=O)Nc1ccc(N)cc1Cl)CC(C)(C)O. The van der Waals surface area contributed by atoms with Gasteiger partial charge in [0.2, 0.25) is 5.91 Å². The van der Waals surface area contributed by atoms with Crippen LogP contribution in [0.5, 0.6) is 0 Å². The number of carbonyl (C=O) groups excluding carboxylic acids is 1. The molecule has 1 amide bonds. The maximum absolute atomic E-state index is 11.8. The van der Waals surface area contributed by atoms with Crippen molar-refractivity contribution in [1.82, 2.24) is 4.90 Å². The average molecular weight is 314 g/mol. The summed E-state index contributed by atoms with van der Waals surface area (Å²) in [4.78, 5) is 13.9. The van der Waals surface area contributed by atoms with Crippen LogP contribution in [0.3, 0.4) is 0 Å². The Morgan fingerprint density at radius 3 is 2.71 bits per heavy atom. The van der Waals surface area contributed by atoms with Gasteiger partial charge in [-0.3, -0.25) is 4.79 Å². The lowest BCUT2D eigenvalue weighted by Gasteiger charge is -2.25. The van der Waals surface area contributed by atoms with Gasteiger partial charge in [-0.2, -0.15) is 0 Å². The van der Waals surface area contributed by atoms with Gasteiger partial charge in [-0.1, -0.05) is 11.6 Å². The van der Waals surface area contributed by atoms with Crippen molar-refractivity contribution in [3.63, 3.8) is 0 Å². The molecule has 0 aliphatic heterocycles. The van der Waals surface area contributed by atoms with Gasteiger partial charge < -0.3 is 21.1 Å². The van der Waals surface area contributed by atoms with Crippen molar-refractivity contribution >= 4 is 28.9 Å². The Bertz CT molecular complexity index is 486. The van der Waals surface area contributed by atoms with E-state index in [0.717, 1.165) is 6.54 Å². The molecule has 0 saturated carbocycles. The van der Waals surface area contributed by atoms with Crippen molar-refractivity contribution in [2.24, 2.45) is 0 Å². The number of nitrogen functional groups attached to an aromatic ring is 1. The van der Waals surface area contributed by atoms with Crippen LogP contribution < -0.4 is 11.1 Å². The van der Waals surface area contributed by atoms with E-state index in [1.165, 1.54) is 0 Å². The molecule has 118 valence electrons. The van der Waals surface area contributed by atoms with Crippen molar-refractivity contribution in [2.45, 2.75) is 32.3 Å². The summed E-state index contributed by atoms with van der Waals surface area (Å²) in [5.41, 5.74) is 6.00. The number of hydrogen-bond donors (Lipinski definition) is 3. The fraction of sp³-hybridized carbons (Fsp3) is 0.533. The molecule has 0 atom stereocenters. The number of nitrogens with two attached hydrogens (primary N) is 1. The van der Waals surface area contributed by atoms with Gasteiger partial charge in [0.1, 0.15) is 0 Å². The van der Waals surface area contributed by atoms with Crippen molar-refractivity contribution in [3.05, 3.63) is 23.2 Å². The minimum Gasteiger partial charge on any atom is -0.399 e. The van der Waals surface area contributed by atoms with Gasteiger partial charge in [0.25, 0.3) is 0 Å². The van der Waals surface area contributed by atoms with E-state index >= 15 is 0 Å². The number of nitrogens with zero attached hydrogens (tertiary/aromatic N) is 1. The molecule has 5 nitrogen and oxygen atoms in total. The molecule has 0 heterocycles. The third kappa shape index (κ3) is 7.32. The fourth-order valence-electron chi connectivity index (χ4n) is 2.09. The molecule has 1 aromatic carbocycles. The molecular weight excluding hydrogens is 290 g/mol. The molecule has 1 rings (SSSR count). The summed E-state index contributed by atoms with van der Waals surface area (Å²) in [5.74, 6) is -0.0849. The topological polar surface area (TPSA) is 78.6 Å². The van der Waals surface area contributed by atoms with Crippen LogP contribution in [0.15, 0.2) is 18.2 Å². The molecular formula is C15H24ClN3O2. The van der Waals surface area contributed by atoms with Gasteiger partial charge in [0.05, 0.1) is 16.3 Å². The first-order valence-corrected chi connectivity index (χ1v) is 7.31. The van der Waals surface area contributed by atoms with Gasteiger partial charge in [-0.05, 0) is 52.1 Å². The standard InChI is InChI=1S/C15H24ClN3O2/c1-15(2,21)10-19(3)8-4-5-14(20)18-13-7-6-11(17)9-12(13)16/h6-7,9,21H,4-5,8,10,17H2,1-3H3,(H,18,20). The lowest BCUT2D eigenvalue weighted by molar-refractivity contribution is -0.116. The van der Waals surface area contributed by atoms with Crippen molar-refractivity contribution in [1.29, 1.82) is 0 Å². The number of rotatable bonds is 7. The van der Waals surface area contributed by atoms with Gasteiger partial charge in [0.15, 0.2) is 0 Å². The van der Waals surface area contributed by atoms with Crippen LogP contribution in [0.1, 0.15) is 26.7 Å². The third-order valence-corrected chi connectivity index (χ3v) is 3.18. The molecule has 6 heteroatoms.